The molecule has 3 nitrogen and oxygen atoms in total. The van der Waals surface area contributed by atoms with E-state index in [1.807, 2.05) is 36.4 Å². The number of benzene rings is 2. The van der Waals surface area contributed by atoms with Gasteiger partial charge in [0.1, 0.15) is 0 Å². The largest absolute Gasteiger partial charge is 0.478 e. The SMILES string of the molecule is O=C(O)c1c(S)ccc2cc3ccccc3nc12. The summed E-state index contributed by atoms with van der Waals surface area (Å²) in [7, 11) is 0. The molecule has 0 saturated carbocycles. The zero-order valence-corrected chi connectivity index (χ0v) is 10.2. The molecule has 18 heavy (non-hydrogen) atoms. The summed E-state index contributed by atoms with van der Waals surface area (Å²) in [6.45, 7) is 0. The van der Waals surface area contributed by atoms with Crippen LogP contribution in [0.5, 0.6) is 0 Å². The van der Waals surface area contributed by atoms with Crippen molar-refractivity contribution in [2.75, 3.05) is 0 Å². The summed E-state index contributed by atoms with van der Waals surface area (Å²) in [6.07, 6.45) is 0. The molecule has 4 heteroatoms. The number of rotatable bonds is 1. The van der Waals surface area contributed by atoms with Gasteiger partial charge in [0.2, 0.25) is 0 Å². The van der Waals surface area contributed by atoms with E-state index in [1.165, 1.54) is 0 Å². The Morgan fingerprint density at radius 2 is 1.89 bits per heavy atom. The van der Waals surface area contributed by atoms with Crippen molar-refractivity contribution < 1.29 is 9.90 Å². The minimum Gasteiger partial charge on any atom is -0.478 e. The lowest BCUT2D eigenvalue weighted by atomic mass is 10.1. The molecule has 0 spiro atoms. The molecule has 0 saturated heterocycles. The molecule has 1 N–H and O–H groups in total. The highest BCUT2D eigenvalue weighted by Crippen LogP contribution is 2.26. The van der Waals surface area contributed by atoms with Gasteiger partial charge in [-0.3, -0.25) is 0 Å². The Morgan fingerprint density at radius 1 is 1.11 bits per heavy atom. The smallest absolute Gasteiger partial charge is 0.339 e. The van der Waals surface area contributed by atoms with E-state index in [0.29, 0.717) is 10.4 Å². The number of hydrogen-bond donors (Lipinski definition) is 2. The Hall–Kier alpha value is -2.07. The quantitative estimate of drug-likeness (QED) is 0.517. The third-order valence-corrected chi connectivity index (χ3v) is 3.25. The van der Waals surface area contributed by atoms with Crippen molar-refractivity contribution >= 4 is 40.4 Å². The molecule has 88 valence electrons. The van der Waals surface area contributed by atoms with Gasteiger partial charge >= 0.3 is 5.97 Å². The van der Waals surface area contributed by atoms with Crippen LogP contribution >= 0.6 is 12.6 Å². The fraction of sp³-hybridized carbons (Fsp3) is 0. The minimum atomic E-state index is -1.01. The number of carboxylic acid groups (broad SMARTS) is 1. The molecule has 0 fully saturated rings. The standard InChI is InChI=1S/C14H9NO2S/c16-14(17)12-11(18)6-5-9-7-8-3-1-2-4-10(8)15-13(9)12/h1-7,18H,(H,16,17). The number of carboxylic acids is 1. The Labute approximate surface area is 108 Å². The topological polar surface area (TPSA) is 50.2 Å². The second-order valence-corrected chi connectivity index (χ2v) is 4.50. The lowest BCUT2D eigenvalue weighted by molar-refractivity contribution is 0.0695. The van der Waals surface area contributed by atoms with Crippen LogP contribution in [0, 0.1) is 0 Å². The average Bonchev–Trinajstić information content (AvgIpc) is 2.36. The number of nitrogens with zero attached hydrogens (tertiary/aromatic N) is 1. The molecule has 0 bridgehead atoms. The van der Waals surface area contributed by atoms with Gasteiger partial charge in [0.05, 0.1) is 16.6 Å². The molecule has 2 aromatic carbocycles. The summed E-state index contributed by atoms with van der Waals surface area (Å²) in [4.78, 5) is 16.1. The van der Waals surface area contributed by atoms with Crippen molar-refractivity contribution in [2.45, 2.75) is 4.90 Å². The molecule has 0 aliphatic rings. The number of carbonyl (C=O) groups is 1. The second kappa shape index (κ2) is 3.99. The van der Waals surface area contributed by atoms with E-state index in [4.69, 9.17) is 0 Å². The van der Waals surface area contributed by atoms with Gasteiger partial charge in [0.25, 0.3) is 0 Å². The van der Waals surface area contributed by atoms with Gasteiger partial charge in [-0.1, -0.05) is 24.3 Å². The van der Waals surface area contributed by atoms with Crippen molar-refractivity contribution in [3.05, 3.63) is 48.0 Å². The Balaban J connectivity index is 2.50. The summed E-state index contributed by atoms with van der Waals surface area (Å²) < 4.78 is 0. The summed E-state index contributed by atoms with van der Waals surface area (Å²) in [5.74, 6) is -1.01. The fourth-order valence-corrected chi connectivity index (χ4v) is 2.32. The van der Waals surface area contributed by atoms with Crippen LogP contribution in [0.2, 0.25) is 0 Å². The maximum atomic E-state index is 11.3. The molecule has 0 atom stereocenters. The number of fused-ring (bicyclic) bond motifs is 2. The van der Waals surface area contributed by atoms with Crippen molar-refractivity contribution in [1.82, 2.24) is 4.98 Å². The van der Waals surface area contributed by atoms with Crippen molar-refractivity contribution in [2.24, 2.45) is 0 Å². The van der Waals surface area contributed by atoms with E-state index in [-0.39, 0.29) is 5.56 Å². The Kier molecular flexibility index (Phi) is 2.45. The van der Waals surface area contributed by atoms with Crippen LogP contribution in [0.25, 0.3) is 21.8 Å². The molecule has 1 heterocycles. The predicted octanol–water partition coefficient (Wildman–Crippen LogP) is 3.37. The van der Waals surface area contributed by atoms with Gasteiger partial charge in [-0.15, -0.1) is 12.6 Å². The molecule has 0 radical (unpaired) electrons. The highest BCUT2D eigenvalue weighted by molar-refractivity contribution is 7.80. The van der Waals surface area contributed by atoms with Crippen LogP contribution in [-0.2, 0) is 0 Å². The second-order valence-electron chi connectivity index (χ2n) is 4.02. The number of aromatic carboxylic acids is 1. The van der Waals surface area contributed by atoms with E-state index in [1.54, 1.807) is 6.07 Å². The van der Waals surface area contributed by atoms with Gasteiger partial charge in [-0.05, 0) is 18.2 Å². The highest BCUT2D eigenvalue weighted by atomic mass is 32.1. The van der Waals surface area contributed by atoms with E-state index in [2.05, 4.69) is 17.6 Å². The van der Waals surface area contributed by atoms with Gasteiger partial charge in [0.15, 0.2) is 0 Å². The molecule has 3 rings (SSSR count). The average molecular weight is 255 g/mol. The zero-order valence-electron chi connectivity index (χ0n) is 9.29. The molecule has 0 unspecified atom stereocenters. The van der Waals surface area contributed by atoms with E-state index in [0.717, 1.165) is 16.3 Å². The predicted molar refractivity (Wildman–Crippen MR) is 73.5 cm³/mol. The molecule has 1 aromatic heterocycles. The fourth-order valence-electron chi connectivity index (χ4n) is 2.04. The molecular weight excluding hydrogens is 246 g/mol. The first-order valence-corrected chi connectivity index (χ1v) is 5.86. The number of thiol groups is 1. The number of pyridine rings is 1. The molecule has 0 aliphatic heterocycles. The lowest BCUT2D eigenvalue weighted by Gasteiger charge is -2.06. The first kappa shape index (κ1) is 11.0. The van der Waals surface area contributed by atoms with Gasteiger partial charge in [0, 0.05) is 15.7 Å². The Morgan fingerprint density at radius 3 is 2.67 bits per heavy atom. The number of aromatic nitrogens is 1. The number of para-hydroxylation sites is 1. The molecule has 0 aliphatic carbocycles. The van der Waals surface area contributed by atoms with Crippen LogP contribution in [0.4, 0.5) is 0 Å². The summed E-state index contributed by atoms with van der Waals surface area (Å²) in [6, 6.07) is 13.1. The Bertz CT molecular complexity index is 783. The maximum Gasteiger partial charge on any atom is 0.339 e. The van der Waals surface area contributed by atoms with Crippen molar-refractivity contribution in [3.8, 4) is 0 Å². The third-order valence-electron chi connectivity index (χ3n) is 2.88. The van der Waals surface area contributed by atoms with E-state index >= 15 is 0 Å². The van der Waals surface area contributed by atoms with Gasteiger partial charge < -0.3 is 5.11 Å². The van der Waals surface area contributed by atoms with Gasteiger partial charge in [-0.2, -0.15) is 0 Å². The third kappa shape index (κ3) is 1.62. The summed E-state index contributed by atoms with van der Waals surface area (Å²) in [5, 5.41) is 11.0. The minimum absolute atomic E-state index is 0.154. The van der Waals surface area contributed by atoms with Crippen LogP contribution in [0.15, 0.2) is 47.4 Å². The summed E-state index contributed by atoms with van der Waals surface area (Å²) >= 11 is 4.19. The first-order valence-electron chi connectivity index (χ1n) is 5.41. The lowest BCUT2D eigenvalue weighted by Crippen LogP contribution is -2.01. The van der Waals surface area contributed by atoms with Crippen molar-refractivity contribution in [3.63, 3.8) is 0 Å². The molecular formula is C14H9NO2S. The number of hydrogen-bond acceptors (Lipinski definition) is 3. The van der Waals surface area contributed by atoms with Crippen molar-refractivity contribution in [1.29, 1.82) is 0 Å². The highest BCUT2D eigenvalue weighted by Gasteiger charge is 2.14. The van der Waals surface area contributed by atoms with E-state index in [9.17, 15) is 9.90 Å². The monoisotopic (exact) mass is 255 g/mol. The zero-order chi connectivity index (χ0) is 12.7. The van der Waals surface area contributed by atoms with Crippen LogP contribution in [0.3, 0.4) is 0 Å². The molecule has 3 aromatic rings. The first-order chi connectivity index (χ1) is 8.66. The van der Waals surface area contributed by atoms with Crippen LogP contribution in [-0.4, -0.2) is 16.1 Å². The van der Waals surface area contributed by atoms with Crippen LogP contribution in [0.1, 0.15) is 10.4 Å². The maximum absolute atomic E-state index is 11.3. The van der Waals surface area contributed by atoms with Gasteiger partial charge in [-0.25, -0.2) is 9.78 Å². The summed E-state index contributed by atoms with van der Waals surface area (Å²) in [5.41, 5.74) is 1.42. The normalized spacial score (nSPS) is 10.9. The van der Waals surface area contributed by atoms with E-state index < -0.39 is 5.97 Å². The molecule has 0 amide bonds. The van der Waals surface area contributed by atoms with Crippen LogP contribution < -0.4 is 0 Å².